The van der Waals surface area contributed by atoms with E-state index in [1.807, 2.05) is 57.4 Å². The highest BCUT2D eigenvalue weighted by Crippen LogP contribution is 2.33. The minimum atomic E-state index is -0.128. The highest BCUT2D eigenvalue weighted by Gasteiger charge is 2.24. The Kier molecular flexibility index (Phi) is 6.29. The van der Waals surface area contributed by atoms with E-state index in [9.17, 15) is 4.79 Å². The highest BCUT2D eigenvalue weighted by atomic mass is 32.2. The summed E-state index contributed by atoms with van der Waals surface area (Å²) in [4.78, 5) is 17.1. The number of anilines is 1. The quantitative estimate of drug-likeness (QED) is 0.358. The molecule has 0 saturated heterocycles. The molecule has 0 atom stereocenters. The van der Waals surface area contributed by atoms with E-state index in [0.29, 0.717) is 18.1 Å². The van der Waals surface area contributed by atoms with Gasteiger partial charge in [-0.25, -0.2) is 0 Å². The van der Waals surface area contributed by atoms with Crippen LogP contribution in [-0.2, 0) is 12.3 Å². The van der Waals surface area contributed by atoms with Crippen LogP contribution in [0.2, 0.25) is 0 Å². The van der Waals surface area contributed by atoms with Gasteiger partial charge in [0.1, 0.15) is 10.6 Å². The number of fused-ring (bicyclic) bond motifs is 1. The molecule has 2 aromatic heterocycles. The number of aryl methyl sites for hydroxylation is 1. The number of hydrogen-bond donors (Lipinski definition) is 0. The average molecular weight is 453 g/mol. The van der Waals surface area contributed by atoms with Crippen molar-refractivity contribution in [2.45, 2.75) is 23.6 Å². The summed E-state index contributed by atoms with van der Waals surface area (Å²) in [7, 11) is 5.82. The molecule has 0 fully saturated rings. The van der Waals surface area contributed by atoms with Crippen molar-refractivity contribution >= 4 is 45.7 Å². The molecule has 0 radical (unpaired) electrons. The largest absolute Gasteiger partial charge is 0.451 e. The normalized spacial score (nSPS) is 11.1. The zero-order valence-electron chi connectivity index (χ0n) is 18.0. The Morgan fingerprint density at radius 2 is 1.81 bits per heavy atom. The molecule has 1 amide bonds. The maximum atomic E-state index is 13.3. The zero-order valence-corrected chi connectivity index (χ0v) is 19.6. The number of amides is 1. The monoisotopic (exact) mass is 452 g/mol. The number of carbonyl (C=O) groups excluding carboxylic acids is 1. The van der Waals surface area contributed by atoms with E-state index < -0.39 is 0 Å². The molecular weight excluding hydrogens is 428 g/mol. The molecule has 0 aliphatic rings. The Balaban J connectivity index is 1.57. The van der Waals surface area contributed by atoms with E-state index in [1.165, 1.54) is 0 Å². The summed E-state index contributed by atoms with van der Waals surface area (Å²) in [5, 5.41) is 10.1. The van der Waals surface area contributed by atoms with Crippen molar-refractivity contribution in [2.24, 2.45) is 0 Å². The zero-order chi connectivity index (χ0) is 22.0. The van der Waals surface area contributed by atoms with Crippen LogP contribution in [0.3, 0.4) is 0 Å². The number of nitrogens with zero attached hydrogens (tertiary/aromatic N) is 4. The summed E-state index contributed by atoms with van der Waals surface area (Å²) in [6.45, 7) is 2.44. The van der Waals surface area contributed by atoms with Crippen molar-refractivity contribution in [3.63, 3.8) is 0 Å². The van der Waals surface area contributed by atoms with E-state index >= 15 is 0 Å². The molecule has 2 heterocycles. The Morgan fingerprint density at radius 3 is 2.48 bits per heavy atom. The SMILES string of the molecule is Cc1nnc(SCc2c(C(=O)N(C)Cc3ccc(N(C)C)cc3)oc3ccccc23)s1. The Labute approximate surface area is 189 Å². The first kappa shape index (κ1) is 21.4. The number of thioether (sulfide) groups is 1. The molecule has 6 nitrogen and oxygen atoms in total. The van der Waals surface area contributed by atoms with Gasteiger partial charge in [0.2, 0.25) is 0 Å². The third-order valence-electron chi connectivity index (χ3n) is 4.96. The fourth-order valence-electron chi connectivity index (χ4n) is 3.30. The number of aromatic nitrogens is 2. The number of rotatable bonds is 7. The second kappa shape index (κ2) is 9.11. The van der Waals surface area contributed by atoms with Crippen LogP contribution in [0, 0.1) is 6.92 Å². The fourth-order valence-corrected chi connectivity index (χ4v) is 5.15. The van der Waals surface area contributed by atoms with Gasteiger partial charge in [-0.05, 0) is 30.7 Å². The maximum absolute atomic E-state index is 13.3. The second-order valence-electron chi connectivity index (χ2n) is 7.50. The summed E-state index contributed by atoms with van der Waals surface area (Å²) in [5.74, 6) is 0.859. The lowest BCUT2D eigenvalue weighted by atomic mass is 10.1. The van der Waals surface area contributed by atoms with Crippen LogP contribution in [0.4, 0.5) is 5.69 Å². The van der Waals surface area contributed by atoms with Crippen molar-refractivity contribution in [1.29, 1.82) is 0 Å². The summed E-state index contributed by atoms with van der Waals surface area (Å²) in [6, 6.07) is 16.0. The van der Waals surface area contributed by atoms with Crippen LogP contribution in [0.25, 0.3) is 11.0 Å². The third kappa shape index (κ3) is 4.75. The molecule has 0 bridgehead atoms. The summed E-state index contributed by atoms with van der Waals surface area (Å²) < 4.78 is 6.90. The molecule has 31 heavy (non-hydrogen) atoms. The topological polar surface area (TPSA) is 62.5 Å². The standard InChI is InChI=1S/C23H24N4O2S2/c1-15-24-25-23(31-15)30-14-19-18-7-5-6-8-20(18)29-21(19)22(28)27(4)13-16-9-11-17(12-10-16)26(2)3/h5-12H,13-14H2,1-4H3. The number of benzene rings is 2. The Bertz CT molecular complexity index is 1200. The number of para-hydroxylation sites is 1. The van der Waals surface area contributed by atoms with Gasteiger partial charge in [0.05, 0.1) is 0 Å². The number of carbonyl (C=O) groups is 1. The van der Waals surface area contributed by atoms with Crippen LogP contribution < -0.4 is 4.90 Å². The van der Waals surface area contributed by atoms with Crippen LogP contribution in [-0.4, -0.2) is 42.1 Å². The summed E-state index contributed by atoms with van der Waals surface area (Å²) >= 11 is 3.13. The molecule has 0 aliphatic heterocycles. The van der Waals surface area contributed by atoms with Gasteiger partial charge in [0.15, 0.2) is 10.1 Å². The Hall–Kier alpha value is -2.84. The first-order valence-electron chi connectivity index (χ1n) is 9.87. The van der Waals surface area contributed by atoms with Gasteiger partial charge in [0, 0.05) is 50.1 Å². The van der Waals surface area contributed by atoms with Crippen LogP contribution in [0.5, 0.6) is 0 Å². The van der Waals surface area contributed by atoms with E-state index in [-0.39, 0.29) is 5.91 Å². The van der Waals surface area contributed by atoms with Gasteiger partial charge in [0.25, 0.3) is 5.91 Å². The highest BCUT2D eigenvalue weighted by molar-refractivity contribution is 8.00. The smallest absolute Gasteiger partial charge is 0.289 e. The van der Waals surface area contributed by atoms with Gasteiger partial charge < -0.3 is 14.2 Å². The van der Waals surface area contributed by atoms with E-state index in [1.54, 1.807) is 35.0 Å². The van der Waals surface area contributed by atoms with Gasteiger partial charge in [-0.15, -0.1) is 10.2 Å². The van der Waals surface area contributed by atoms with Crippen molar-refractivity contribution < 1.29 is 9.21 Å². The number of hydrogen-bond acceptors (Lipinski definition) is 7. The lowest BCUT2D eigenvalue weighted by Gasteiger charge is -2.18. The molecule has 0 saturated carbocycles. The first-order chi connectivity index (χ1) is 14.9. The molecule has 2 aromatic carbocycles. The first-order valence-corrected chi connectivity index (χ1v) is 11.7. The fraction of sp³-hybridized carbons (Fsp3) is 0.261. The van der Waals surface area contributed by atoms with Crippen LogP contribution in [0.15, 0.2) is 57.3 Å². The lowest BCUT2D eigenvalue weighted by molar-refractivity contribution is 0.0754. The predicted octanol–water partition coefficient (Wildman–Crippen LogP) is 5.22. The summed E-state index contributed by atoms with van der Waals surface area (Å²) in [6.07, 6.45) is 0. The van der Waals surface area contributed by atoms with Gasteiger partial charge >= 0.3 is 0 Å². The minimum Gasteiger partial charge on any atom is -0.451 e. The van der Waals surface area contributed by atoms with Crippen molar-refractivity contribution in [1.82, 2.24) is 15.1 Å². The molecule has 160 valence electrons. The van der Waals surface area contributed by atoms with Gasteiger partial charge in [-0.3, -0.25) is 4.79 Å². The van der Waals surface area contributed by atoms with Gasteiger partial charge in [-0.2, -0.15) is 0 Å². The second-order valence-corrected chi connectivity index (χ2v) is 9.91. The number of furan rings is 1. The average Bonchev–Trinajstić information content (AvgIpc) is 3.35. The van der Waals surface area contributed by atoms with E-state index in [0.717, 1.165) is 37.1 Å². The third-order valence-corrected chi connectivity index (χ3v) is 6.96. The molecular formula is C23H24N4O2S2. The molecule has 8 heteroatoms. The molecule has 0 spiro atoms. The Morgan fingerprint density at radius 1 is 1.06 bits per heavy atom. The molecule has 0 aliphatic carbocycles. The molecule has 4 rings (SSSR count). The molecule has 4 aromatic rings. The minimum absolute atomic E-state index is 0.128. The van der Waals surface area contributed by atoms with Crippen molar-refractivity contribution in [3.8, 4) is 0 Å². The van der Waals surface area contributed by atoms with E-state index in [4.69, 9.17) is 4.42 Å². The molecule has 0 unspecified atom stereocenters. The van der Waals surface area contributed by atoms with E-state index in [2.05, 4.69) is 27.2 Å². The summed E-state index contributed by atoms with van der Waals surface area (Å²) in [5.41, 5.74) is 3.81. The van der Waals surface area contributed by atoms with Crippen LogP contribution >= 0.6 is 23.1 Å². The maximum Gasteiger partial charge on any atom is 0.289 e. The van der Waals surface area contributed by atoms with Crippen molar-refractivity contribution in [2.75, 3.05) is 26.0 Å². The van der Waals surface area contributed by atoms with Crippen LogP contribution in [0.1, 0.15) is 26.7 Å². The molecule has 0 N–H and O–H groups in total. The lowest BCUT2D eigenvalue weighted by Crippen LogP contribution is -2.26. The van der Waals surface area contributed by atoms with Gasteiger partial charge in [-0.1, -0.05) is 53.4 Å². The van der Waals surface area contributed by atoms with Crippen molar-refractivity contribution in [3.05, 3.63) is 70.4 Å². The predicted molar refractivity (Wildman–Crippen MR) is 127 cm³/mol.